The minimum Gasteiger partial charge on any atom is -0.496 e. The second-order valence-electron chi connectivity index (χ2n) is 10.3. The molecule has 0 bridgehead atoms. The van der Waals surface area contributed by atoms with Gasteiger partial charge in [0, 0.05) is 24.7 Å². The summed E-state index contributed by atoms with van der Waals surface area (Å²) in [5.74, 6) is 1.76. The Kier molecular flexibility index (Phi) is 8.79. The Morgan fingerprint density at radius 3 is 2.47 bits per heavy atom. The van der Waals surface area contributed by atoms with Crippen molar-refractivity contribution in [1.82, 2.24) is 4.98 Å². The van der Waals surface area contributed by atoms with Gasteiger partial charge in [0.05, 0.1) is 7.11 Å². The molecule has 6 heteroatoms. The SMILES string of the molecule is COc1ccc(C2CCC(CN(C(=O)C3CCCCC3)c3cc(C=CC(=O)O)ccn3)CC2)cc1C. The van der Waals surface area contributed by atoms with E-state index in [1.54, 1.807) is 25.4 Å². The zero-order valence-corrected chi connectivity index (χ0v) is 21.5. The number of hydrogen-bond acceptors (Lipinski definition) is 4. The molecule has 0 spiro atoms. The zero-order chi connectivity index (χ0) is 25.5. The molecule has 2 aliphatic rings. The highest BCUT2D eigenvalue weighted by molar-refractivity contribution is 5.94. The lowest BCUT2D eigenvalue weighted by Crippen LogP contribution is -2.41. The number of aromatic nitrogens is 1. The van der Waals surface area contributed by atoms with Crippen LogP contribution in [-0.4, -0.2) is 35.6 Å². The van der Waals surface area contributed by atoms with Crippen molar-refractivity contribution < 1.29 is 19.4 Å². The maximum Gasteiger partial charge on any atom is 0.328 e. The number of aryl methyl sites for hydroxylation is 1. The number of carboxylic acids is 1. The molecule has 2 fully saturated rings. The number of aliphatic carboxylic acids is 1. The Hall–Kier alpha value is -3.15. The molecule has 1 heterocycles. The van der Waals surface area contributed by atoms with E-state index in [1.807, 2.05) is 11.0 Å². The van der Waals surface area contributed by atoms with Crippen LogP contribution in [0.4, 0.5) is 5.82 Å². The van der Waals surface area contributed by atoms with Crippen molar-refractivity contribution in [2.24, 2.45) is 11.8 Å². The van der Waals surface area contributed by atoms with Gasteiger partial charge in [0.25, 0.3) is 0 Å². The lowest BCUT2D eigenvalue weighted by molar-refractivity contribution is -0.131. The number of anilines is 1. The van der Waals surface area contributed by atoms with Crippen LogP contribution >= 0.6 is 0 Å². The predicted molar refractivity (Wildman–Crippen MR) is 142 cm³/mol. The topological polar surface area (TPSA) is 79.7 Å². The highest BCUT2D eigenvalue weighted by Crippen LogP contribution is 2.38. The third-order valence-corrected chi connectivity index (χ3v) is 7.86. The van der Waals surface area contributed by atoms with Crippen molar-refractivity contribution >= 4 is 23.8 Å². The summed E-state index contributed by atoms with van der Waals surface area (Å²) in [7, 11) is 1.71. The van der Waals surface area contributed by atoms with Gasteiger partial charge in [-0.05, 0) is 98.2 Å². The van der Waals surface area contributed by atoms with E-state index in [1.165, 1.54) is 17.5 Å². The number of carbonyl (C=O) groups excluding carboxylic acids is 1. The molecule has 0 unspecified atom stereocenters. The summed E-state index contributed by atoms with van der Waals surface area (Å²) >= 11 is 0. The van der Waals surface area contributed by atoms with E-state index in [0.717, 1.165) is 68.8 Å². The molecule has 1 N–H and O–H groups in total. The van der Waals surface area contributed by atoms with Crippen LogP contribution in [0.5, 0.6) is 5.75 Å². The van der Waals surface area contributed by atoms with E-state index in [-0.39, 0.29) is 11.8 Å². The Balaban J connectivity index is 1.48. The quantitative estimate of drug-likeness (QED) is 0.434. The fraction of sp³-hybridized carbons (Fsp3) is 0.500. The van der Waals surface area contributed by atoms with Crippen LogP contribution in [-0.2, 0) is 9.59 Å². The lowest BCUT2D eigenvalue weighted by atomic mass is 9.78. The van der Waals surface area contributed by atoms with Crippen LogP contribution in [0.2, 0.25) is 0 Å². The highest BCUT2D eigenvalue weighted by atomic mass is 16.5. The number of nitrogens with zero attached hydrogens (tertiary/aromatic N) is 2. The van der Waals surface area contributed by atoms with E-state index in [0.29, 0.717) is 24.2 Å². The van der Waals surface area contributed by atoms with E-state index >= 15 is 0 Å². The van der Waals surface area contributed by atoms with E-state index < -0.39 is 5.97 Å². The van der Waals surface area contributed by atoms with Crippen molar-refractivity contribution in [2.75, 3.05) is 18.6 Å². The minimum absolute atomic E-state index is 0.0531. The maximum atomic E-state index is 13.7. The van der Waals surface area contributed by atoms with Crippen molar-refractivity contribution in [3.05, 3.63) is 59.3 Å². The van der Waals surface area contributed by atoms with Crippen molar-refractivity contribution in [3.8, 4) is 5.75 Å². The first kappa shape index (κ1) is 25.9. The van der Waals surface area contributed by atoms with Crippen LogP contribution in [0.25, 0.3) is 6.08 Å². The molecule has 0 radical (unpaired) electrons. The molecule has 2 aliphatic carbocycles. The van der Waals surface area contributed by atoms with Gasteiger partial charge in [0.1, 0.15) is 11.6 Å². The molecule has 36 heavy (non-hydrogen) atoms. The fourth-order valence-electron chi connectivity index (χ4n) is 5.81. The lowest BCUT2D eigenvalue weighted by Gasteiger charge is -2.35. The molecule has 4 rings (SSSR count). The Morgan fingerprint density at radius 2 is 1.81 bits per heavy atom. The summed E-state index contributed by atoms with van der Waals surface area (Å²) in [6, 6.07) is 10.1. The molecular weight excluding hydrogens is 452 g/mol. The first-order valence-corrected chi connectivity index (χ1v) is 13.3. The summed E-state index contributed by atoms with van der Waals surface area (Å²) in [6.45, 7) is 2.76. The largest absolute Gasteiger partial charge is 0.496 e. The first-order chi connectivity index (χ1) is 17.4. The summed E-state index contributed by atoms with van der Waals surface area (Å²) in [6.07, 6.45) is 14.0. The Bertz CT molecular complexity index is 1080. The smallest absolute Gasteiger partial charge is 0.328 e. The number of benzene rings is 1. The molecule has 0 aliphatic heterocycles. The van der Waals surface area contributed by atoms with Crippen molar-refractivity contribution in [2.45, 2.75) is 70.6 Å². The number of pyridine rings is 1. The number of methoxy groups -OCH3 is 1. The standard InChI is InChI=1S/C30H38N2O4/c1-21-18-26(13-14-27(21)36-2)24-11-8-23(9-12-24)20-32(30(35)25-6-4-3-5-7-25)28-19-22(16-17-31-28)10-15-29(33)34/h10,13-19,23-25H,3-9,11-12,20H2,1-2H3,(H,33,34). The molecule has 1 aromatic carbocycles. The first-order valence-electron chi connectivity index (χ1n) is 13.3. The molecule has 6 nitrogen and oxygen atoms in total. The van der Waals surface area contributed by atoms with Gasteiger partial charge >= 0.3 is 5.97 Å². The number of hydrogen-bond donors (Lipinski definition) is 1. The number of carboxylic acid groups (broad SMARTS) is 1. The maximum absolute atomic E-state index is 13.7. The Morgan fingerprint density at radius 1 is 1.06 bits per heavy atom. The van der Waals surface area contributed by atoms with Gasteiger partial charge < -0.3 is 9.84 Å². The molecule has 1 aromatic heterocycles. The number of amides is 1. The minimum atomic E-state index is -0.993. The average molecular weight is 491 g/mol. The fourth-order valence-corrected chi connectivity index (χ4v) is 5.81. The van der Waals surface area contributed by atoms with Gasteiger partial charge in [-0.1, -0.05) is 31.4 Å². The van der Waals surface area contributed by atoms with E-state index in [9.17, 15) is 9.59 Å². The van der Waals surface area contributed by atoms with Gasteiger partial charge in [0.2, 0.25) is 5.91 Å². The molecule has 0 atom stereocenters. The van der Waals surface area contributed by atoms with Gasteiger partial charge in [0.15, 0.2) is 0 Å². The van der Waals surface area contributed by atoms with Gasteiger partial charge in [-0.15, -0.1) is 0 Å². The average Bonchev–Trinajstić information content (AvgIpc) is 2.91. The summed E-state index contributed by atoms with van der Waals surface area (Å²) in [5, 5.41) is 9.00. The van der Waals surface area contributed by atoms with Crippen LogP contribution in [0.3, 0.4) is 0 Å². The normalized spacial score (nSPS) is 20.8. The van der Waals surface area contributed by atoms with Crippen LogP contribution < -0.4 is 9.64 Å². The van der Waals surface area contributed by atoms with E-state index in [4.69, 9.17) is 9.84 Å². The van der Waals surface area contributed by atoms with Crippen LogP contribution in [0, 0.1) is 18.8 Å². The van der Waals surface area contributed by atoms with Gasteiger partial charge in [-0.2, -0.15) is 0 Å². The third-order valence-electron chi connectivity index (χ3n) is 7.86. The Labute approximate surface area is 214 Å². The van der Waals surface area contributed by atoms with Gasteiger partial charge in [-0.25, -0.2) is 9.78 Å². The number of ether oxygens (including phenoxy) is 1. The molecular formula is C30H38N2O4. The van der Waals surface area contributed by atoms with Gasteiger partial charge in [-0.3, -0.25) is 9.69 Å². The predicted octanol–water partition coefficient (Wildman–Crippen LogP) is 6.38. The molecule has 2 aromatic rings. The molecule has 192 valence electrons. The molecule has 0 saturated heterocycles. The summed E-state index contributed by atoms with van der Waals surface area (Å²) in [4.78, 5) is 31.1. The van der Waals surface area contributed by atoms with Crippen molar-refractivity contribution in [3.63, 3.8) is 0 Å². The summed E-state index contributed by atoms with van der Waals surface area (Å²) < 4.78 is 5.42. The van der Waals surface area contributed by atoms with Crippen LogP contribution in [0.15, 0.2) is 42.6 Å². The number of rotatable bonds is 8. The third kappa shape index (κ3) is 6.54. The van der Waals surface area contributed by atoms with E-state index in [2.05, 4.69) is 30.1 Å². The second kappa shape index (κ2) is 12.2. The monoisotopic (exact) mass is 490 g/mol. The second-order valence-corrected chi connectivity index (χ2v) is 10.3. The zero-order valence-electron chi connectivity index (χ0n) is 21.5. The molecule has 1 amide bonds. The van der Waals surface area contributed by atoms with Crippen LogP contribution in [0.1, 0.15) is 80.4 Å². The van der Waals surface area contributed by atoms with Crippen molar-refractivity contribution in [1.29, 1.82) is 0 Å². The summed E-state index contributed by atoms with van der Waals surface area (Å²) in [5.41, 5.74) is 3.29. The number of carbonyl (C=O) groups is 2. The highest BCUT2D eigenvalue weighted by Gasteiger charge is 2.31. The molecule has 2 saturated carbocycles.